The van der Waals surface area contributed by atoms with Crippen LogP contribution in [0.3, 0.4) is 0 Å². The van der Waals surface area contributed by atoms with Gasteiger partial charge in [0.15, 0.2) is 0 Å². The molecule has 19 aromatic rings. The van der Waals surface area contributed by atoms with E-state index in [9.17, 15) is 0 Å². The van der Waals surface area contributed by atoms with Gasteiger partial charge in [0.1, 0.15) is 11.2 Å². The number of hydrogen-bond donors (Lipinski definition) is 0. The van der Waals surface area contributed by atoms with Gasteiger partial charge in [-0.05, 0) is 103 Å². The zero-order chi connectivity index (χ0) is 59.0. The summed E-state index contributed by atoms with van der Waals surface area (Å²) in [6.45, 7) is 1.78. The van der Waals surface area contributed by atoms with Crippen molar-refractivity contribution in [2.75, 3.05) is 0 Å². The number of halogens is 3. The first-order valence-electron chi connectivity index (χ1n) is 30.0. The van der Waals surface area contributed by atoms with E-state index in [0.29, 0.717) is 28.1 Å². The van der Waals surface area contributed by atoms with E-state index >= 15 is 13.2 Å². The average molecular weight is 1150 g/mol. The predicted molar refractivity (Wildman–Crippen MR) is 361 cm³/mol. The van der Waals surface area contributed by atoms with Crippen LogP contribution in [0.2, 0.25) is 0 Å². The molecule has 0 radical (unpaired) electrons. The van der Waals surface area contributed by atoms with Gasteiger partial charge in [0.25, 0.3) is 0 Å². The molecule has 0 saturated heterocycles. The first kappa shape index (κ1) is 49.7. The van der Waals surface area contributed by atoms with E-state index in [-0.39, 0.29) is 0 Å². The zero-order valence-electron chi connectivity index (χ0n) is 47.8. The van der Waals surface area contributed by atoms with Gasteiger partial charge in [-0.1, -0.05) is 188 Å². The minimum Gasteiger partial charge on any atom is -0.455 e. The van der Waals surface area contributed by atoms with Crippen LogP contribution in [0.25, 0.3) is 171 Å². The Labute approximate surface area is 505 Å². The van der Waals surface area contributed by atoms with Crippen LogP contribution in [0, 0.1) is 6.92 Å². The number of rotatable bonds is 6. The van der Waals surface area contributed by atoms with Crippen molar-refractivity contribution in [2.24, 2.45) is 0 Å². The predicted octanol–water partition coefficient (Wildman–Crippen LogP) is 22.1. The van der Waals surface area contributed by atoms with E-state index in [1.165, 1.54) is 12.1 Å². The molecule has 19 rings (SSSR count). The quantitative estimate of drug-likeness (QED) is 0.163. The summed E-state index contributed by atoms with van der Waals surface area (Å²) in [7, 11) is 0. The van der Waals surface area contributed by atoms with Crippen LogP contribution in [0.4, 0.5) is 13.2 Å². The number of benzene rings is 13. The fraction of sp³-hybridized carbons (Fsp3) is 0.0250. The lowest BCUT2D eigenvalue weighted by atomic mass is 9.92. The van der Waals surface area contributed by atoms with Crippen molar-refractivity contribution in [3.05, 3.63) is 284 Å². The minimum atomic E-state index is -4.71. The van der Waals surface area contributed by atoms with Crippen LogP contribution >= 0.6 is 0 Å². The van der Waals surface area contributed by atoms with Gasteiger partial charge < -0.3 is 27.3 Å². The molecule has 0 N–H and O–H groups in total. The van der Waals surface area contributed by atoms with E-state index in [2.05, 4.69) is 265 Å². The van der Waals surface area contributed by atoms with Crippen LogP contribution in [0.1, 0.15) is 11.1 Å². The summed E-state index contributed by atoms with van der Waals surface area (Å²) in [6.07, 6.45) is -4.71. The van der Waals surface area contributed by atoms with Crippen LogP contribution in [0.15, 0.2) is 277 Å². The maximum absolute atomic E-state index is 16.2. The molecular formula is C80H48F3N5O. The zero-order valence-corrected chi connectivity index (χ0v) is 47.8. The SMILES string of the molecule is Cc1cc(-c2c(-n3c4ccccc4c4ccccc43)c(-n3c4ccccc4c4ccccc43)c(-n3c4ccccc4c4c5oc6ccccc6c5ccc43)c(-n3c4ccccc4c4ccccc43)c2-n2c3ccccc3c3ccccc32)cc(C(F)(F)F)c1. The molecule has 0 saturated carbocycles. The lowest BCUT2D eigenvalue weighted by molar-refractivity contribution is -0.137. The van der Waals surface area contributed by atoms with Crippen molar-refractivity contribution >= 4 is 131 Å². The number of aryl methyl sites for hydroxylation is 1. The molecular weight excluding hydrogens is 1100 g/mol. The molecule has 0 bridgehead atoms. The monoisotopic (exact) mass is 1150 g/mol. The topological polar surface area (TPSA) is 37.8 Å². The van der Waals surface area contributed by atoms with Gasteiger partial charge in [-0.15, -0.1) is 0 Å². The Hall–Kier alpha value is -11.6. The molecule has 0 amide bonds. The molecule has 420 valence electrons. The number of para-hydroxylation sites is 10. The maximum atomic E-state index is 16.2. The molecule has 89 heavy (non-hydrogen) atoms. The number of fused-ring (bicyclic) bond motifs is 19. The molecule has 9 heteroatoms. The fourth-order valence-electron chi connectivity index (χ4n) is 15.3. The van der Waals surface area contributed by atoms with Crippen molar-refractivity contribution in [2.45, 2.75) is 13.1 Å². The Balaban J connectivity index is 1.22. The third kappa shape index (κ3) is 6.81. The number of nitrogens with zero attached hydrogens (tertiary/aromatic N) is 5. The molecule has 6 aromatic heterocycles. The summed E-state index contributed by atoms with van der Waals surface area (Å²) in [4.78, 5) is 0. The second kappa shape index (κ2) is 18.2. The van der Waals surface area contributed by atoms with Gasteiger partial charge in [-0.25, -0.2) is 0 Å². The summed E-state index contributed by atoms with van der Waals surface area (Å²) >= 11 is 0. The molecule has 0 fully saturated rings. The van der Waals surface area contributed by atoms with Gasteiger partial charge in [-0.2, -0.15) is 13.2 Å². The molecule has 0 aliphatic carbocycles. The average Bonchev–Trinajstić information content (AvgIpc) is 1.63. The number of hydrogen-bond acceptors (Lipinski definition) is 1. The highest BCUT2D eigenvalue weighted by atomic mass is 19.4. The highest BCUT2D eigenvalue weighted by Crippen LogP contribution is 2.55. The second-order valence-corrected chi connectivity index (χ2v) is 23.5. The largest absolute Gasteiger partial charge is 0.455 e. The summed E-state index contributed by atoms with van der Waals surface area (Å²) in [5, 5.41) is 12.0. The number of alkyl halides is 3. The van der Waals surface area contributed by atoms with E-state index in [1.807, 2.05) is 18.2 Å². The van der Waals surface area contributed by atoms with Gasteiger partial charge in [0.2, 0.25) is 0 Å². The van der Waals surface area contributed by atoms with Gasteiger partial charge in [-0.3, -0.25) is 0 Å². The van der Waals surface area contributed by atoms with Crippen molar-refractivity contribution in [3.8, 4) is 39.6 Å². The molecule has 0 aliphatic rings. The molecule has 0 aliphatic heterocycles. The van der Waals surface area contributed by atoms with Crippen LogP contribution in [-0.4, -0.2) is 22.8 Å². The van der Waals surface area contributed by atoms with Crippen molar-refractivity contribution in [1.82, 2.24) is 22.8 Å². The summed E-state index contributed by atoms with van der Waals surface area (Å²) < 4.78 is 67.8. The fourth-order valence-corrected chi connectivity index (χ4v) is 15.3. The van der Waals surface area contributed by atoms with E-state index in [1.54, 1.807) is 6.92 Å². The van der Waals surface area contributed by atoms with E-state index in [4.69, 9.17) is 4.42 Å². The summed E-state index contributed by atoms with van der Waals surface area (Å²) in [5.74, 6) is 0. The molecule has 0 spiro atoms. The summed E-state index contributed by atoms with van der Waals surface area (Å²) in [5.41, 5.74) is 14.9. The van der Waals surface area contributed by atoms with E-state index in [0.717, 1.165) is 148 Å². The lowest BCUT2D eigenvalue weighted by Gasteiger charge is -2.32. The second-order valence-electron chi connectivity index (χ2n) is 23.5. The Kier molecular flexibility index (Phi) is 10.2. The lowest BCUT2D eigenvalue weighted by Crippen LogP contribution is -2.18. The number of aromatic nitrogens is 5. The Morgan fingerprint density at radius 3 is 0.966 bits per heavy atom. The van der Waals surface area contributed by atoms with Crippen molar-refractivity contribution < 1.29 is 17.6 Å². The molecule has 6 nitrogen and oxygen atoms in total. The Morgan fingerprint density at radius 1 is 0.281 bits per heavy atom. The smallest absolute Gasteiger partial charge is 0.416 e. The number of furan rings is 1. The third-order valence-electron chi connectivity index (χ3n) is 18.7. The standard InChI is InChI=1S/C80H48F3N5O/c1-47-44-48(46-49(45-47)80(81,82)83)72-74(84-61-32-12-2-22-50(61)51-23-3-13-33-62(51)84)76(86-65-36-16-6-26-54(65)55-27-7-17-37-66(55)86)78(88-69-40-20-10-31-60(69)73-70(88)43-42-59-58-30-11-21-41-71(58)89-79(59)73)77(87-67-38-18-8-28-56(67)57-29-9-19-39-68(57)87)75(72)85-63-34-14-4-24-52(63)53-25-5-15-35-64(53)85/h2-46H,1H3. The van der Waals surface area contributed by atoms with Crippen LogP contribution in [-0.2, 0) is 6.18 Å². The van der Waals surface area contributed by atoms with Gasteiger partial charge in [0, 0.05) is 64.8 Å². The molecule has 0 atom stereocenters. The highest BCUT2D eigenvalue weighted by molar-refractivity contribution is 6.25. The third-order valence-corrected chi connectivity index (χ3v) is 18.7. The summed E-state index contributed by atoms with van der Waals surface area (Å²) in [6, 6.07) is 93.9. The molecule has 0 unspecified atom stereocenters. The highest BCUT2D eigenvalue weighted by Gasteiger charge is 2.38. The maximum Gasteiger partial charge on any atom is 0.416 e. The Bertz CT molecular complexity index is 5790. The molecule has 6 heterocycles. The molecule has 13 aromatic carbocycles. The normalized spacial score (nSPS) is 12.5. The first-order valence-corrected chi connectivity index (χ1v) is 30.0. The first-order chi connectivity index (χ1) is 43.8. The van der Waals surface area contributed by atoms with Gasteiger partial charge >= 0.3 is 6.18 Å². The Morgan fingerprint density at radius 2 is 0.584 bits per heavy atom. The minimum absolute atomic E-state index is 0.396. The van der Waals surface area contributed by atoms with Gasteiger partial charge in [0.05, 0.1) is 94.6 Å². The van der Waals surface area contributed by atoms with Crippen molar-refractivity contribution in [3.63, 3.8) is 0 Å². The van der Waals surface area contributed by atoms with Crippen LogP contribution in [0.5, 0.6) is 0 Å². The van der Waals surface area contributed by atoms with Crippen LogP contribution < -0.4 is 0 Å². The van der Waals surface area contributed by atoms with Crippen molar-refractivity contribution in [1.29, 1.82) is 0 Å². The van der Waals surface area contributed by atoms with E-state index < -0.39 is 11.7 Å².